The van der Waals surface area contributed by atoms with Gasteiger partial charge < -0.3 is 0 Å². The third-order valence-corrected chi connectivity index (χ3v) is 4.16. The summed E-state index contributed by atoms with van der Waals surface area (Å²) in [6.07, 6.45) is 2.53. The zero-order valence-electron chi connectivity index (χ0n) is 14.8. The van der Waals surface area contributed by atoms with Crippen LogP contribution in [0.4, 0.5) is 0 Å². The molecule has 0 heterocycles. The Morgan fingerprint density at radius 1 is 0.583 bits per heavy atom. The zero-order chi connectivity index (χ0) is 17.4. The predicted molar refractivity (Wildman–Crippen MR) is 106 cm³/mol. The Labute approximate surface area is 146 Å². The van der Waals surface area contributed by atoms with Crippen molar-refractivity contribution in [2.24, 2.45) is 0 Å². The molecular weight excluding hydrogens is 288 g/mol. The Kier molecular flexibility index (Phi) is 6.57. The topological polar surface area (TPSA) is 0 Å². The van der Waals surface area contributed by atoms with E-state index in [4.69, 9.17) is 0 Å². The first-order valence-electron chi connectivity index (χ1n) is 8.43. The SMILES string of the molecule is C=C.Cc1cccc(-c2ccc3c(c2)CC3)c1.Cc1ccccc1. The quantitative estimate of drug-likeness (QED) is 0.446. The van der Waals surface area contributed by atoms with E-state index in [0.29, 0.717) is 0 Å². The van der Waals surface area contributed by atoms with Crippen molar-refractivity contribution in [3.05, 3.63) is 108 Å². The van der Waals surface area contributed by atoms with Gasteiger partial charge in [-0.15, -0.1) is 13.2 Å². The lowest BCUT2D eigenvalue weighted by Gasteiger charge is -2.19. The Bertz CT molecular complexity index is 769. The molecule has 0 aromatic heterocycles. The summed E-state index contributed by atoms with van der Waals surface area (Å²) in [6, 6.07) is 25.8. The Balaban J connectivity index is 0.000000196. The fourth-order valence-electron chi connectivity index (χ4n) is 2.73. The van der Waals surface area contributed by atoms with Crippen molar-refractivity contribution in [3.63, 3.8) is 0 Å². The van der Waals surface area contributed by atoms with Crippen LogP contribution in [0, 0.1) is 13.8 Å². The number of fused-ring (bicyclic) bond motifs is 1. The van der Waals surface area contributed by atoms with E-state index in [1.54, 1.807) is 0 Å². The molecule has 0 saturated heterocycles. The molecule has 24 heavy (non-hydrogen) atoms. The van der Waals surface area contributed by atoms with Crippen molar-refractivity contribution in [3.8, 4) is 11.1 Å². The molecule has 0 fully saturated rings. The summed E-state index contributed by atoms with van der Waals surface area (Å²) >= 11 is 0. The van der Waals surface area contributed by atoms with Gasteiger partial charge in [0.1, 0.15) is 0 Å². The minimum atomic E-state index is 1.26. The van der Waals surface area contributed by atoms with E-state index in [1.165, 1.54) is 46.2 Å². The summed E-state index contributed by atoms with van der Waals surface area (Å²) < 4.78 is 0. The second-order valence-corrected chi connectivity index (χ2v) is 6.01. The highest BCUT2D eigenvalue weighted by molar-refractivity contribution is 5.66. The van der Waals surface area contributed by atoms with Gasteiger partial charge in [0, 0.05) is 0 Å². The standard InChI is InChI=1S/C15H14.C7H8.C2H4/c1-11-3-2-4-13(9-11)15-8-6-12-5-7-14(12)10-15;1-7-5-3-2-4-6-7;1-2/h2-4,6,8-10H,5,7H2,1H3;2-6H,1H3;1-2H2. The van der Waals surface area contributed by atoms with E-state index in [1.807, 2.05) is 18.2 Å². The average molecular weight is 314 g/mol. The summed E-state index contributed by atoms with van der Waals surface area (Å²) in [5, 5.41) is 0. The van der Waals surface area contributed by atoms with Gasteiger partial charge in [-0.2, -0.15) is 0 Å². The lowest BCUT2D eigenvalue weighted by Crippen LogP contribution is -2.07. The average Bonchev–Trinajstić information content (AvgIpc) is 2.59. The summed E-state index contributed by atoms with van der Waals surface area (Å²) in [5.74, 6) is 0. The van der Waals surface area contributed by atoms with Crippen LogP contribution < -0.4 is 0 Å². The van der Waals surface area contributed by atoms with Crippen LogP contribution in [-0.2, 0) is 12.8 Å². The smallest absolute Gasteiger partial charge is 0.0181 e. The molecule has 0 heteroatoms. The highest BCUT2D eigenvalue weighted by atomic mass is 14.2. The van der Waals surface area contributed by atoms with E-state index >= 15 is 0 Å². The van der Waals surface area contributed by atoms with Crippen LogP contribution in [0.2, 0.25) is 0 Å². The molecule has 0 saturated carbocycles. The maximum absolute atomic E-state index is 3.00. The van der Waals surface area contributed by atoms with Crippen molar-refractivity contribution in [1.29, 1.82) is 0 Å². The van der Waals surface area contributed by atoms with Crippen molar-refractivity contribution < 1.29 is 0 Å². The van der Waals surface area contributed by atoms with E-state index in [2.05, 4.69) is 81.6 Å². The van der Waals surface area contributed by atoms with Gasteiger partial charge in [-0.25, -0.2) is 0 Å². The fourth-order valence-corrected chi connectivity index (χ4v) is 2.73. The Hall–Kier alpha value is -2.60. The highest BCUT2D eigenvalue weighted by Gasteiger charge is 2.12. The third kappa shape index (κ3) is 4.70. The van der Waals surface area contributed by atoms with E-state index < -0.39 is 0 Å². The van der Waals surface area contributed by atoms with Crippen molar-refractivity contribution in [2.75, 3.05) is 0 Å². The number of hydrogen-bond donors (Lipinski definition) is 0. The first kappa shape index (κ1) is 17.7. The minimum Gasteiger partial charge on any atom is -0.106 e. The molecular formula is C24H26. The highest BCUT2D eigenvalue weighted by Crippen LogP contribution is 2.29. The molecule has 4 rings (SSSR count). The summed E-state index contributed by atoms with van der Waals surface area (Å²) in [4.78, 5) is 0. The lowest BCUT2D eigenvalue weighted by molar-refractivity contribution is 0.840. The van der Waals surface area contributed by atoms with E-state index in [-0.39, 0.29) is 0 Å². The molecule has 0 amide bonds. The van der Waals surface area contributed by atoms with Gasteiger partial charge in [0.2, 0.25) is 0 Å². The number of rotatable bonds is 1. The van der Waals surface area contributed by atoms with Gasteiger partial charge in [0.25, 0.3) is 0 Å². The van der Waals surface area contributed by atoms with Crippen LogP contribution in [-0.4, -0.2) is 0 Å². The normalized spacial score (nSPS) is 10.9. The lowest BCUT2D eigenvalue weighted by atomic mass is 9.86. The van der Waals surface area contributed by atoms with Gasteiger partial charge in [-0.1, -0.05) is 83.9 Å². The van der Waals surface area contributed by atoms with Crippen LogP contribution in [0.15, 0.2) is 86.0 Å². The predicted octanol–water partition coefficient (Wildman–Crippen LogP) is 6.56. The van der Waals surface area contributed by atoms with Crippen LogP contribution in [0.1, 0.15) is 22.3 Å². The molecule has 0 aliphatic heterocycles. The van der Waals surface area contributed by atoms with Crippen LogP contribution >= 0.6 is 0 Å². The molecule has 1 aliphatic rings. The molecule has 0 nitrogen and oxygen atoms in total. The largest absolute Gasteiger partial charge is 0.106 e. The van der Waals surface area contributed by atoms with Crippen LogP contribution in [0.3, 0.4) is 0 Å². The summed E-state index contributed by atoms with van der Waals surface area (Å²) in [5.41, 5.74) is 8.42. The number of benzene rings is 3. The van der Waals surface area contributed by atoms with Crippen LogP contribution in [0.25, 0.3) is 11.1 Å². The van der Waals surface area contributed by atoms with Crippen molar-refractivity contribution >= 4 is 0 Å². The zero-order valence-corrected chi connectivity index (χ0v) is 14.8. The number of aryl methyl sites for hydroxylation is 4. The monoisotopic (exact) mass is 314 g/mol. The summed E-state index contributed by atoms with van der Waals surface area (Å²) in [6.45, 7) is 10.2. The first-order valence-corrected chi connectivity index (χ1v) is 8.43. The molecule has 122 valence electrons. The van der Waals surface area contributed by atoms with Gasteiger partial charge in [-0.05, 0) is 48.9 Å². The van der Waals surface area contributed by atoms with E-state index in [0.717, 1.165) is 0 Å². The molecule has 1 aliphatic carbocycles. The maximum Gasteiger partial charge on any atom is -0.0181 e. The second-order valence-electron chi connectivity index (χ2n) is 6.01. The minimum absolute atomic E-state index is 1.26. The summed E-state index contributed by atoms with van der Waals surface area (Å²) in [7, 11) is 0. The van der Waals surface area contributed by atoms with Gasteiger partial charge in [0.15, 0.2) is 0 Å². The third-order valence-electron chi connectivity index (χ3n) is 4.16. The van der Waals surface area contributed by atoms with Crippen molar-refractivity contribution in [2.45, 2.75) is 26.7 Å². The second kappa shape index (κ2) is 8.88. The Morgan fingerprint density at radius 3 is 1.71 bits per heavy atom. The molecule has 0 radical (unpaired) electrons. The molecule has 0 N–H and O–H groups in total. The van der Waals surface area contributed by atoms with E-state index in [9.17, 15) is 0 Å². The molecule has 3 aromatic carbocycles. The molecule has 0 spiro atoms. The van der Waals surface area contributed by atoms with Gasteiger partial charge >= 0.3 is 0 Å². The molecule has 3 aromatic rings. The van der Waals surface area contributed by atoms with Gasteiger partial charge in [-0.3, -0.25) is 0 Å². The molecule has 0 bridgehead atoms. The first-order chi connectivity index (χ1) is 11.7. The number of hydrogen-bond acceptors (Lipinski definition) is 0. The van der Waals surface area contributed by atoms with Crippen molar-refractivity contribution in [1.82, 2.24) is 0 Å². The molecule has 0 atom stereocenters. The maximum atomic E-state index is 3.00. The van der Waals surface area contributed by atoms with Gasteiger partial charge in [0.05, 0.1) is 0 Å². The molecule has 0 unspecified atom stereocenters. The fraction of sp³-hybridized carbons (Fsp3) is 0.167. The Morgan fingerprint density at radius 2 is 1.21 bits per heavy atom. The van der Waals surface area contributed by atoms with Crippen LogP contribution in [0.5, 0.6) is 0 Å².